The van der Waals surface area contributed by atoms with E-state index in [0.29, 0.717) is 5.41 Å². The highest BCUT2D eigenvalue weighted by Gasteiger charge is 2.36. The quantitative estimate of drug-likeness (QED) is 0.0874. The van der Waals surface area contributed by atoms with Gasteiger partial charge in [0.25, 0.3) is 0 Å². The first-order valence-electron chi connectivity index (χ1n) is 17.2. The van der Waals surface area contributed by atoms with E-state index in [-0.39, 0.29) is 5.12 Å². The molecule has 2 aromatic carbocycles. The van der Waals surface area contributed by atoms with Crippen molar-refractivity contribution in [3.8, 4) is 30.6 Å². The lowest BCUT2D eigenvalue weighted by Crippen LogP contribution is -2.45. The van der Waals surface area contributed by atoms with Crippen molar-refractivity contribution in [2.45, 2.75) is 84.5 Å². The minimum Gasteiger partial charge on any atom is -0.381 e. The van der Waals surface area contributed by atoms with Crippen LogP contribution < -0.4 is 0 Å². The maximum atomic E-state index is 11.0. The molecule has 0 spiro atoms. The van der Waals surface area contributed by atoms with E-state index < -0.39 is 0 Å². The summed E-state index contributed by atoms with van der Waals surface area (Å²) in [4.78, 5) is 16.4. The molecule has 0 atom stereocenters. The van der Waals surface area contributed by atoms with Gasteiger partial charge in [0, 0.05) is 44.2 Å². The molecule has 1 fully saturated rings. The first-order valence-corrected chi connectivity index (χ1v) is 19.8. The fraction of sp³-hybridized carbons (Fsp3) is 0.475. The molecule has 0 aliphatic carbocycles. The molecule has 246 valence electrons. The second kappa shape index (κ2) is 18.4. The van der Waals surface area contributed by atoms with E-state index >= 15 is 0 Å². The van der Waals surface area contributed by atoms with E-state index in [1.807, 2.05) is 22.7 Å². The predicted molar refractivity (Wildman–Crippen MR) is 200 cm³/mol. The Morgan fingerprint density at radius 3 is 1.67 bits per heavy atom. The molecule has 1 saturated heterocycles. The number of carbonyl (C=O) groups excluding carboxylic acids is 1. The number of rotatable bonds is 20. The summed E-state index contributed by atoms with van der Waals surface area (Å²) in [6, 6.07) is 27.4. The van der Waals surface area contributed by atoms with E-state index in [9.17, 15) is 4.79 Å². The van der Waals surface area contributed by atoms with Gasteiger partial charge in [-0.3, -0.25) is 4.79 Å². The number of hydrogen-bond acceptors (Lipinski definition) is 6. The third-order valence-electron chi connectivity index (χ3n) is 9.08. The van der Waals surface area contributed by atoms with Crippen LogP contribution in [-0.2, 0) is 27.1 Å². The number of carbonyl (C=O) groups is 1. The van der Waals surface area contributed by atoms with Gasteiger partial charge in [0.05, 0.1) is 19.8 Å². The van der Waals surface area contributed by atoms with Gasteiger partial charge in [-0.25, -0.2) is 0 Å². The average Bonchev–Trinajstić information content (AvgIpc) is 3.74. The molecule has 0 saturated carbocycles. The van der Waals surface area contributed by atoms with Gasteiger partial charge in [-0.15, -0.1) is 22.7 Å². The smallest absolute Gasteiger partial charge is 0.185 e. The summed E-state index contributed by atoms with van der Waals surface area (Å²) in [5.41, 5.74) is 5.75. The van der Waals surface area contributed by atoms with E-state index in [0.717, 1.165) is 64.3 Å². The van der Waals surface area contributed by atoms with Gasteiger partial charge in [-0.05, 0) is 91.5 Å². The number of thiophene rings is 2. The molecule has 0 amide bonds. The van der Waals surface area contributed by atoms with Gasteiger partial charge in [0.1, 0.15) is 0 Å². The Hall–Kier alpha value is -2.22. The molecule has 1 aliphatic heterocycles. The first-order chi connectivity index (χ1) is 22.5. The molecule has 1 aliphatic rings. The van der Waals surface area contributed by atoms with Crippen LogP contribution in [0.25, 0.3) is 30.6 Å². The lowest BCUT2D eigenvalue weighted by atomic mass is 9.84. The number of hydrogen-bond donors (Lipinski definition) is 0. The summed E-state index contributed by atoms with van der Waals surface area (Å²) in [6.07, 6.45) is 13.1. The van der Waals surface area contributed by atoms with Crippen molar-refractivity contribution < 1.29 is 14.3 Å². The molecular formula is C40H50O3S3. The zero-order valence-electron chi connectivity index (χ0n) is 27.7. The number of benzene rings is 2. The molecule has 5 rings (SSSR count). The van der Waals surface area contributed by atoms with Gasteiger partial charge in [0.2, 0.25) is 0 Å². The summed E-state index contributed by atoms with van der Waals surface area (Å²) < 4.78 is 11.3. The maximum absolute atomic E-state index is 11.0. The zero-order chi connectivity index (χ0) is 32.0. The van der Waals surface area contributed by atoms with Crippen LogP contribution in [0, 0.1) is 5.41 Å². The molecule has 3 nitrogen and oxygen atoms in total. The SMILES string of the molecule is CCC1(COCCCCCCc2ccc(-c3ccc(-c4ccc(-c5ccc(CCCCCCSC(C)=O)cc5)s4)s3)cc2)COC1. The first kappa shape index (κ1) is 35.1. The standard InChI is InChI=1S/C40H50O3S3/c1-3-40(29-43-30-40)28-42-26-10-6-4-8-12-32-14-18-34(19-15-32)36-22-24-38(45-36)39-25-23-37(46-39)35-20-16-33(17-21-35)13-9-5-7-11-27-44-31(2)41/h14-25H,3-13,26-30H2,1-2H3. The van der Waals surface area contributed by atoms with Crippen molar-refractivity contribution in [1.82, 2.24) is 0 Å². The molecule has 0 N–H and O–H groups in total. The Labute approximate surface area is 289 Å². The molecule has 0 unspecified atom stereocenters. The fourth-order valence-electron chi connectivity index (χ4n) is 5.88. The van der Waals surface area contributed by atoms with Crippen LogP contribution in [0.1, 0.15) is 82.8 Å². The Morgan fingerprint density at radius 2 is 1.20 bits per heavy atom. The summed E-state index contributed by atoms with van der Waals surface area (Å²) in [6.45, 7) is 7.37. The summed E-state index contributed by atoms with van der Waals surface area (Å²) in [5.74, 6) is 0.960. The van der Waals surface area contributed by atoms with Crippen molar-refractivity contribution in [2.24, 2.45) is 5.41 Å². The molecular weight excluding hydrogens is 625 g/mol. The molecule has 2 aromatic heterocycles. The number of unbranched alkanes of at least 4 members (excludes halogenated alkanes) is 6. The average molecular weight is 675 g/mol. The van der Waals surface area contributed by atoms with E-state index in [1.54, 1.807) is 6.92 Å². The summed E-state index contributed by atoms with van der Waals surface area (Å²) in [5, 5.41) is 0.231. The molecule has 3 heterocycles. The normalized spacial score (nSPS) is 14.0. The van der Waals surface area contributed by atoms with Gasteiger partial charge >= 0.3 is 0 Å². The summed E-state index contributed by atoms with van der Waals surface area (Å²) >= 11 is 5.22. The molecule has 46 heavy (non-hydrogen) atoms. The fourth-order valence-corrected chi connectivity index (χ4v) is 8.63. The minimum atomic E-state index is 0.231. The zero-order valence-corrected chi connectivity index (χ0v) is 30.1. The molecule has 0 radical (unpaired) electrons. The largest absolute Gasteiger partial charge is 0.381 e. The third-order valence-corrected chi connectivity index (χ3v) is 12.4. The highest BCUT2D eigenvalue weighted by atomic mass is 32.2. The van der Waals surface area contributed by atoms with Crippen LogP contribution in [0.15, 0.2) is 72.8 Å². The predicted octanol–water partition coefficient (Wildman–Crippen LogP) is 11.7. The molecule has 0 bridgehead atoms. The minimum absolute atomic E-state index is 0.231. The third kappa shape index (κ3) is 10.6. The lowest BCUT2D eigenvalue weighted by molar-refractivity contribution is -0.150. The monoisotopic (exact) mass is 674 g/mol. The van der Waals surface area contributed by atoms with Crippen molar-refractivity contribution in [2.75, 3.05) is 32.2 Å². The van der Waals surface area contributed by atoms with Crippen LogP contribution in [0.5, 0.6) is 0 Å². The van der Waals surface area contributed by atoms with Gasteiger partial charge in [-0.1, -0.05) is 92.9 Å². The van der Waals surface area contributed by atoms with Gasteiger partial charge < -0.3 is 9.47 Å². The van der Waals surface area contributed by atoms with Crippen LogP contribution in [-0.4, -0.2) is 37.3 Å². The van der Waals surface area contributed by atoms with Crippen LogP contribution >= 0.6 is 34.4 Å². The number of ether oxygens (including phenoxy) is 2. The maximum Gasteiger partial charge on any atom is 0.185 e. The topological polar surface area (TPSA) is 35.5 Å². The van der Waals surface area contributed by atoms with Gasteiger partial charge in [0.15, 0.2) is 5.12 Å². The lowest BCUT2D eigenvalue weighted by Gasteiger charge is -2.40. The summed E-state index contributed by atoms with van der Waals surface area (Å²) in [7, 11) is 0. The molecule has 6 heteroatoms. The van der Waals surface area contributed by atoms with Crippen LogP contribution in [0.4, 0.5) is 0 Å². The van der Waals surface area contributed by atoms with Crippen molar-refractivity contribution in [1.29, 1.82) is 0 Å². The van der Waals surface area contributed by atoms with E-state index in [2.05, 4.69) is 79.7 Å². The van der Waals surface area contributed by atoms with Crippen LogP contribution in [0.3, 0.4) is 0 Å². The van der Waals surface area contributed by atoms with Crippen molar-refractivity contribution in [3.05, 3.63) is 83.9 Å². The van der Waals surface area contributed by atoms with Crippen molar-refractivity contribution in [3.63, 3.8) is 0 Å². The highest BCUT2D eigenvalue weighted by molar-refractivity contribution is 8.13. The van der Waals surface area contributed by atoms with E-state index in [4.69, 9.17) is 9.47 Å². The second-order valence-corrected chi connectivity index (χ2v) is 16.2. The van der Waals surface area contributed by atoms with Crippen molar-refractivity contribution >= 4 is 39.6 Å². The number of aryl methyl sites for hydroxylation is 2. The second-order valence-electron chi connectivity index (χ2n) is 12.8. The number of thioether (sulfide) groups is 1. The van der Waals surface area contributed by atoms with E-state index in [1.165, 1.54) is 92.0 Å². The highest BCUT2D eigenvalue weighted by Crippen LogP contribution is 2.40. The Balaban J connectivity index is 1.01. The Morgan fingerprint density at radius 1 is 0.696 bits per heavy atom. The van der Waals surface area contributed by atoms with Crippen LogP contribution in [0.2, 0.25) is 0 Å². The molecule has 4 aromatic rings. The van der Waals surface area contributed by atoms with Gasteiger partial charge in [-0.2, -0.15) is 0 Å². The Kier molecular flexibility index (Phi) is 14.0. The Bertz CT molecular complexity index is 1460.